The highest BCUT2D eigenvalue weighted by Crippen LogP contribution is 2.55. The van der Waals surface area contributed by atoms with Crippen molar-refractivity contribution >= 4 is 17.6 Å². The summed E-state index contributed by atoms with van der Waals surface area (Å²) in [6, 6.07) is 8.05. The van der Waals surface area contributed by atoms with Gasteiger partial charge in [0.25, 0.3) is 0 Å². The molecule has 2 unspecified atom stereocenters. The molecule has 182 valence electrons. The molecule has 0 saturated heterocycles. The van der Waals surface area contributed by atoms with Gasteiger partial charge in [-0.1, -0.05) is 26.0 Å². The summed E-state index contributed by atoms with van der Waals surface area (Å²) >= 11 is 0. The van der Waals surface area contributed by atoms with Gasteiger partial charge >= 0.3 is 5.97 Å². The minimum absolute atomic E-state index is 0.0156. The Kier molecular flexibility index (Phi) is 6.50. The van der Waals surface area contributed by atoms with E-state index >= 15 is 0 Å². The van der Waals surface area contributed by atoms with Gasteiger partial charge in [0.1, 0.15) is 0 Å². The Bertz CT molecular complexity index is 1060. The first-order valence-electron chi connectivity index (χ1n) is 13.1. The van der Waals surface area contributed by atoms with E-state index < -0.39 is 5.97 Å². The Morgan fingerprint density at radius 3 is 2.44 bits per heavy atom. The molecule has 2 aromatic rings. The molecule has 1 aromatic carbocycles. The number of rotatable bonds is 8. The van der Waals surface area contributed by atoms with Gasteiger partial charge in [0.05, 0.1) is 18.7 Å². The molecule has 6 nitrogen and oxygen atoms in total. The fourth-order valence-corrected chi connectivity index (χ4v) is 7.24. The van der Waals surface area contributed by atoms with Crippen molar-refractivity contribution in [3.05, 3.63) is 46.8 Å². The highest BCUT2D eigenvalue weighted by atomic mass is 16.4. The van der Waals surface area contributed by atoms with Gasteiger partial charge in [-0.2, -0.15) is 5.10 Å². The minimum atomic E-state index is -0.821. The minimum Gasteiger partial charge on any atom is -0.481 e. The van der Waals surface area contributed by atoms with Crippen LogP contribution >= 0.6 is 0 Å². The van der Waals surface area contributed by atoms with Gasteiger partial charge in [-0.15, -0.1) is 0 Å². The van der Waals surface area contributed by atoms with Crippen LogP contribution in [0.1, 0.15) is 74.9 Å². The summed E-state index contributed by atoms with van der Waals surface area (Å²) in [5.74, 6) is 2.71. The lowest BCUT2D eigenvalue weighted by Gasteiger charge is -2.31. The molecular weight excluding hydrogens is 426 g/mol. The molecule has 2 N–H and O–H groups in total. The number of carbonyl (C=O) groups excluding carboxylic acids is 1. The van der Waals surface area contributed by atoms with Crippen LogP contribution in [0.15, 0.2) is 24.3 Å². The number of aliphatic carboxylic acids is 1. The predicted octanol–water partition coefficient (Wildman–Crippen LogP) is 5.08. The number of carbonyl (C=O) groups is 2. The van der Waals surface area contributed by atoms with Crippen molar-refractivity contribution in [2.75, 3.05) is 5.32 Å². The summed E-state index contributed by atoms with van der Waals surface area (Å²) in [7, 11) is 0. The van der Waals surface area contributed by atoms with Gasteiger partial charge in [-0.05, 0) is 92.7 Å². The maximum Gasteiger partial charge on any atom is 0.307 e. The zero-order valence-corrected chi connectivity index (χ0v) is 20.4. The number of amides is 1. The number of aryl methyl sites for hydroxylation is 1. The highest BCUT2D eigenvalue weighted by Gasteiger charge is 2.47. The average Bonchev–Trinajstić information content (AvgIpc) is 3.24. The molecular formula is C28H37N3O3. The van der Waals surface area contributed by atoms with E-state index in [-0.39, 0.29) is 18.2 Å². The Balaban J connectivity index is 1.25. The highest BCUT2D eigenvalue weighted by molar-refractivity contribution is 5.92. The number of nitrogens with zero attached hydrogens (tertiary/aromatic N) is 2. The van der Waals surface area contributed by atoms with E-state index in [4.69, 9.17) is 5.10 Å². The number of carboxylic acid groups (broad SMARTS) is 1. The second kappa shape index (κ2) is 9.55. The molecule has 5 atom stereocenters. The number of benzene rings is 1. The van der Waals surface area contributed by atoms with E-state index in [1.54, 1.807) is 0 Å². The van der Waals surface area contributed by atoms with E-state index in [0.29, 0.717) is 12.5 Å². The second-order valence-electron chi connectivity index (χ2n) is 10.8. The number of hydrogen-bond acceptors (Lipinski definition) is 3. The van der Waals surface area contributed by atoms with Crippen molar-refractivity contribution in [3.8, 4) is 0 Å². The molecule has 3 bridgehead atoms. The third kappa shape index (κ3) is 4.51. The van der Waals surface area contributed by atoms with Crippen LogP contribution in [0.5, 0.6) is 0 Å². The first kappa shape index (κ1) is 23.1. The number of carboxylic acids is 1. The smallest absolute Gasteiger partial charge is 0.307 e. The molecule has 3 aliphatic rings. The van der Waals surface area contributed by atoms with Crippen LogP contribution in [-0.4, -0.2) is 26.8 Å². The number of hydrogen-bond donors (Lipinski definition) is 2. The van der Waals surface area contributed by atoms with Crippen LogP contribution in [0.2, 0.25) is 0 Å². The fraction of sp³-hybridized carbons (Fsp3) is 0.607. The van der Waals surface area contributed by atoms with Gasteiger partial charge in [0.2, 0.25) is 5.91 Å². The van der Waals surface area contributed by atoms with E-state index in [0.717, 1.165) is 65.2 Å². The van der Waals surface area contributed by atoms with Gasteiger partial charge in [0.15, 0.2) is 0 Å². The molecule has 5 rings (SSSR count). The van der Waals surface area contributed by atoms with Crippen molar-refractivity contribution in [2.45, 2.75) is 78.2 Å². The van der Waals surface area contributed by atoms with Crippen LogP contribution in [-0.2, 0) is 35.4 Å². The molecule has 1 amide bonds. The lowest BCUT2D eigenvalue weighted by molar-refractivity contribution is -0.136. The molecule has 0 aliphatic heterocycles. The Hall–Kier alpha value is -2.63. The lowest BCUT2D eigenvalue weighted by Crippen LogP contribution is -2.32. The maximum absolute atomic E-state index is 13.2. The number of nitrogens with one attached hydrogen (secondary N) is 1. The van der Waals surface area contributed by atoms with Crippen molar-refractivity contribution in [1.29, 1.82) is 0 Å². The zero-order valence-electron chi connectivity index (χ0n) is 20.4. The summed E-state index contributed by atoms with van der Waals surface area (Å²) in [6.07, 6.45) is 9.06. The van der Waals surface area contributed by atoms with Crippen LogP contribution in [0.3, 0.4) is 0 Å². The van der Waals surface area contributed by atoms with Crippen LogP contribution in [0.25, 0.3) is 0 Å². The Morgan fingerprint density at radius 2 is 1.74 bits per heavy atom. The molecule has 3 aliphatic carbocycles. The summed E-state index contributed by atoms with van der Waals surface area (Å²) in [5, 5.41) is 17.2. The van der Waals surface area contributed by atoms with Crippen LogP contribution in [0, 0.1) is 29.6 Å². The second-order valence-corrected chi connectivity index (χ2v) is 10.8. The number of fused-ring (bicyclic) bond motifs is 2. The van der Waals surface area contributed by atoms with Crippen molar-refractivity contribution in [3.63, 3.8) is 0 Å². The molecule has 0 spiro atoms. The summed E-state index contributed by atoms with van der Waals surface area (Å²) in [4.78, 5) is 24.5. The molecule has 1 aromatic heterocycles. The fourth-order valence-electron chi connectivity index (χ4n) is 7.24. The standard InChI is InChI=1S/C28H37N3O3/c1-3-25-24(15-27(32)33)26(4-2)31(30-25)16-17-5-8-22(9-6-17)29-28(34)23-10-7-19-11-18-12-20(19)14-21(23)13-18/h5-6,8-9,18-21,23H,3-4,7,10-16H2,1-2H3,(H,29,34)(H,32,33)/t18-,19-,20?,21+,23?/m0/s1. The van der Waals surface area contributed by atoms with E-state index in [1.165, 1.54) is 32.1 Å². The first-order chi connectivity index (χ1) is 16.4. The monoisotopic (exact) mass is 463 g/mol. The average molecular weight is 464 g/mol. The van der Waals surface area contributed by atoms with Crippen molar-refractivity contribution < 1.29 is 14.7 Å². The van der Waals surface area contributed by atoms with Gasteiger partial charge in [-0.25, -0.2) is 0 Å². The molecule has 34 heavy (non-hydrogen) atoms. The van der Waals surface area contributed by atoms with Crippen LogP contribution < -0.4 is 5.32 Å². The predicted molar refractivity (Wildman–Crippen MR) is 132 cm³/mol. The number of anilines is 1. The van der Waals surface area contributed by atoms with E-state index in [2.05, 4.69) is 5.32 Å². The third-order valence-electron chi connectivity index (χ3n) is 8.74. The maximum atomic E-state index is 13.2. The van der Waals surface area contributed by atoms with Gasteiger partial charge in [-0.3, -0.25) is 14.3 Å². The Morgan fingerprint density at radius 1 is 1.00 bits per heavy atom. The summed E-state index contributed by atoms with van der Waals surface area (Å²) < 4.78 is 1.95. The summed E-state index contributed by atoms with van der Waals surface area (Å²) in [5.41, 5.74) is 4.66. The molecule has 0 radical (unpaired) electrons. The SMILES string of the molecule is CCc1nn(Cc2ccc(NC(=O)C3CC[C@H]4C[C@H]5CC4C[C@H]3C5)cc2)c(CC)c1CC(=O)O. The van der Waals surface area contributed by atoms with E-state index in [9.17, 15) is 14.7 Å². The van der Waals surface area contributed by atoms with E-state index in [1.807, 2.05) is 42.8 Å². The molecule has 6 heteroatoms. The number of aromatic nitrogens is 2. The topological polar surface area (TPSA) is 84.2 Å². The zero-order chi connectivity index (χ0) is 23.8. The quantitative estimate of drug-likeness (QED) is 0.571. The first-order valence-corrected chi connectivity index (χ1v) is 13.1. The van der Waals surface area contributed by atoms with Gasteiger partial charge < -0.3 is 10.4 Å². The van der Waals surface area contributed by atoms with Crippen molar-refractivity contribution in [2.24, 2.45) is 29.6 Å². The Labute approximate surface area is 202 Å². The molecule has 3 saturated carbocycles. The summed E-state index contributed by atoms with van der Waals surface area (Å²) in [6.45, 7) is 4.65. The van der Waals surface area contributed by atoms with Gasteiger partial charge in [0, 0.05) is 22.9 Å². The van der Waals surface area contributed by atoms with Crippen LogP contribution in [0.4, 0.5) is 5.69 Å². The third-order valence-corrected chi connectivity index (χ3v) is 8.74. The largest absolute Gasteiger partial charge is 0.481 e. The molecule has 3 fully saturated rings. The normalized spacial score (nSPS) is 27.5. The van der Waals surface area contributed by atoms with Crippen molar-refractivity contribution in [1.82, 2.24) is 9.78 Å². The lowest BCUT2D eigenvalue weighted by atomic mass is 9.74. The molecule has 1 heterocycles.